The third kappa shape index (κ3) is 3.48. The van der Waals surface area contributed by atoms with Gasteiger partial charge in [-0.3, -0.25) is 0 Å². The first-order chi connectivity index (χ1) is 8.79. The van der Waals surface area contributed by atoms with Gasteiger partial charge in [0.05, 0.1) is 0 Å². The van der Waals surface area contributed by atoms with Crippen LogP contribution in [0.5, 0.6) is 0 Å². The summed E-state index contributed by atoms with van der Waals surface area (Å²) in [5, 5.41) is 3.84. The molecule has 0 spiro atoms. The number of nitrogens with zero attached hydrogens (tertiary/aromatic N) is 1. The summed E-state index contributed by atoms with van der Waals surface area (Å²) in [6.07, 6.45) is 12.6. The largest absolute Gasteiger partial charge is 0.311 e. The first-order valence-corrected chi connectivity index (χ1v) is 8.29. The van der Waals surface area contributed by atoms with Crippen molar-refractivity contribution in [3.8, 4) is 0 Å². The van der Waals surface area contributed by atoms with E-state index in [2.05, 4.69) is 24.1 Å². The zero-order chi connectivity index (χ0) is 12.8. The van der Waals surface area contributed by atoms with Gasteiger partial charge in [0.1, 0.15) is 0 Å². The number of likely N-dealkylation sites (tertiary alicyclic amines) is 1. The molecule has 2 fully saturated rings. The number of hydrogen-bond donors (Lipinski definition) is 1. The molecule has 2 unspecified atom stereocenters. The van der Waals surface area contributed by atoms with Crippen molar-refractivity contribution in [2.75, 3.05) is 19.6 Å². The number of piperidine rings is 2. The Kier molecular flexibility index (Phi) is 5.50. The number of rotatable bonds is 5. The Morgan fingerprint density at radius 2 is 2.06 bits per heavy atom. The topological polar surface area (TPSA) is 15.3 Å². The van der Waals surface area contributed by atoms with Gasteiger partial charge in [0.2, 0.25) is 0 Å². The molecule has 2 heterocycles. The molecule has 2 saturated heterocycles. The van der Waals surface area contributed by atoms with Gasteiger partial charge in [0, 0.05) is 11.6 Å². The van der Waals surface area contributed by atoms with Gasteiger partial charge >= 0.3 is 0 Å². The Balaban J connectivity index is 1.84. The standard InChI is InChI=1S/C16H32N2/c1-3-16(11-6-7-13-17-16)12-10-15-9-5-8-14-18(15)4-2/h15,17H,3-14H2,1-2H3. The summed E-state index contributed by atoms with van der Waals surface area (Å²) in [5.41, 5.74) is 0.481. The molecule has 0 aliphatic carbocycles. The molecule has 2 nitrogen and oxygen atoms in total. The van der Waals surface area contributed by atoms with Crippen LogP contribution in [-0.2, 0) is 0 Å². The second kappa shape index (κ2) is 6.91. The lowest BCUT2D eigenvalue weighted by molar-refractivity contribution is 0.125. The van der Waals surface area contributed by atoms with Crippen molar-refractivity contribution in [1.29, 1.82) is 0 Å². The first kappa shape index (κ1) is 14.3. The predicted molar refractivity (Wildman–Crippen MR) is 79.0 cm³/mol. The third-order valence-corrected chi connectivity index (χ3v) is 5.37. The minimum absolute atomic E-state index is 0.481. The highest BCUT2D eigenvalue weighted by Gasteiger charge is 2.31. The van der Waals surface area contributed by atoms with Crippen molar-refractivity contribution in [3.63, 3.8) is 0 Å². The molecule has 2 atom stereocenters. The second-order valence-corrected chi connectivity index (χ2v) is 6.33. The summed E-state index contributed by atoms with van der Waals surface area (Å²) in [5.74, 6) is 0. The van der Waals surface area contributed by atoms with Crippen molar-refractivity contribution < 1.29 is 0 Å². The molecule has 2 heteroatoms. The van der Waals surface area contributed by atoms with E-state index in [9.17, 15) is 0 Å². The van der Waals surface area contributed by atoms with Crippen molar-refractivity contribution in [2.45, 2.75) is 83.2 Å². The normalized spacial score (nSPS) is 34.7. The molecule has 0 aromatic rings. The first-order valence-electron chi connectivity index (χ1n) is 8.29. The van der Waals surface area contributed by atoms with E-state index in [-0.39, 0.29) is 0 Å². The molecule has 2 aliphatic rings. The van der Waals surface area contributed by atoms with Crippen LogP contribution < -0.4 is 5.32 Å². The fourth-order valence-corrected chi connectivity index (χ4v) is 3.97. The summed E-state index contributed by atoms with van der Waals surface area (Å²) < 4.78 is 0. The lowest BCUT2D eigenvalue weighted by atomic mass is 9.80. The molecule has 2 rings (SSSR count). The third-order valence-electron chi connectivity index (χ3n) is 5.37. The summed E-state index contributed by atoms with van der Waals surface area (Å²) >= 11 is 0. The predicted octanol–water partition coefficient (Wildman–Crippen LogP) is 3.56. The van der Waals surface area contributed by atoms with Crippen LogP contribution >= 0.6 is 0 Å². The van der Waals surface area contributed by atoms with E-state index in [4.69, 9.17) is 0 Å². The average Bonchev–Trinajstić information content (AvgIpc) is 2.46. The van der Waals surface area contributed by atoms with Gasteiger partial charge in [-0.1, -0.05) is 26.7 Å². The van der Waals surface area contributed by atoms with Crippen LogP contribution in [0.4, 0.5) is 0 Å². The fraction of sp³-hybridized carbons (Fsp3) is 1.00. The highest BCUT2D eigenvalue weighted by Crippen LogP contribution is 2.30. The van der Waals surface area contributed by atoms with Crippen LogP contribution in [0, 0.1) is 0 Å². The van der Waals surface area contributed by atoms with Crippen molar-refractivity contribution in [3.05, 3.63) is 0 Å². The van der Waals surface area contributed by atoms with E-state index >= 15 is 0 Å². The molecule has 0 bridgehead atoms. The highest BCUT2D eigenvalue weighted by atomic mass is 15.2. The van der Waals surface area contributed by atoms with Gasteiger partial charge in [-0.05, 0) is 64.6 Å². The second-order valence-electron chi connectivity index (χ2n) is 6.33. The van der Waals surface area contributed by atoms with Crippen LogP contribution in [0.3, 0.4) is 0 Å². The monoisotopic (exact) mass is 252 g/mol. The van der Waals surface area contributed by atoms with Crippen molar-refractivity contribution in [1.82, 2.24) is 10.2 Å². The zero-order valence-corrected chi connectivity index (χ0v) is 12.5. The molecule has 0 amide bonds. The average molecular weight is 252 g/mol. The lowest BCUT2D eigenvalue weighted by Gasteiger charge is -2.41. The molecule has 106 valence electrons. The number of nitrogens with one attached hydrogen (secondary N) is 1. The van der Waals surface area contributed by atoms with E-state index < -0.39 is 0 Å². The zero-order valence-electron chi connectivity index (χ0n) is 12.5. The maximum atomic E-state index is 3.84. The Labute approximate surface area is 114 Å². The molecule has 0 aromatic heterocycles. The van der Waals surface area contributed by atoms with Crippen molar-refractivity contribution >= 4 is 0 Å². The fourth-order valence-electron chi connectivity index (χ4n) is 3.97. The Hall–Kier alpha value is -0.0800. The maximum Gasteiger partial charge on any atom is 0.0179 e. The molecule has 0 radical (unpaired) electrons. The molecule has 1 N–H and O–H groups in total. The molecule has 0 aromatic carbocycles. The van der Waals surface area contributed by atoms with E-state index in [1.807, 2.05) is 0 Å². The van der Waals surface area contributed by atoms with E-state index in [0.29, 0.717) is 5.54 Å². The van der Waals surface area contributed by atoms with Crippen LogP contribution in [0.1, 0.15) is 71.6 Å². The van der Waals surface area contributed by atoms with Gasteiger partial charge in [0.25, 0.3) is 0 Å². The van der Waals surface area contributed by atoms with E-state index in [1.54, 1.807) is 0 Å². The lowest BCUT2D eigenvalue weighted by Crippen LogP contribution is -2.49. The molecule has 0 saturated carbocycles. The van der Waals surface area contributed by atoms with Crippen LogP contribution in [-0.4, -0.2) is 36.1 Å². The Morgan fingerprint density at radius 1 is 1.17 bits per heavy atom. The summed E-state index contributed by atoms with van der Waals surface area (Å²) in [4.78, 5) is 2.72. The summed E-state index contributed by atoms with van der Waals surface area (Å²) in [7, 11) is 0. The quantitative estimate of drug-likeness (QED) is 0.805. The molecule has 2 aliphatic heterocycles. The molecular weight excluding hydrogens is 220 g/mol. The maximum absolute atomic E-state index is 3.84. The smallest absolute Gasteiger partial charge is 0.0179 e. The summed E-state index contributed by atoms with van der Waals surface area (Å²) in [6, 6.07) is 0.871. The summed E-state index contributed by atoms with van der Waals surface area (Å²) in [6.45, 7) is 8.53. The van der Waals surface area contributed by atoms with Crippen LogP contribution in [0.15, 0.2) is 0 Å². The van der Waals surface area contributed by atoms with Gasteiger partial charge in [-0.15, -0.1) is 0 Å². The van der Waals surface area contributed by atoms with Gasteiger partial charge in [-0.2, -0.15) is 0 Å². The van der Waals surface area contributed by atoms with Gasteiger partial charge in [0.15, 0.2) is 0 Å². The molecule has 18 heavy (non-hydrogen) atoms. The SMILES string of the molecule is CCN1CCCCC1CCC1(CC)CCCCN1. The van der Waals surface area contributed by atoms with E-state index in [1.165, 1.54) is 77.4 Å². The minimum atomic E-state index is 0.481. The van der Waals surface area contributed by atoms with Gasteiger partial charge in [-0.25, -0.2) is 0 Å². The minimum Gasteiger partial charge on any atom is -0.311 e. The van der Waals surface area contributed by atoms with Crippen LogP contribution in [0.25, 0.3) is 0 Å². The Bertz CT molecular complexity index is 233. The van der Waals surface area contributed by atoms with Crippen LogP contribution in [0.2, 0.25) is 0 Å². The van der Waals surface area contributed by atoms with Crippen molar-refractivity contribution in [2.24, 2.45) is 0 Å². The van der Waals surface area contributed by atoms with Gasteiger partial charge < -0.3 is 10.2 Å². The highest BCUT2D eigenvalue weighted by molar-refractivity contribution is 4.91. The molecular formula is C16H32N2. The Morgan fingerprint density at radius 3 is 2.72 bits per heavy atom. The van der Waals surface area contributed by atoms with E-state index in [0.717, 1.165) is 6.04 Å². The number of hydrogen-bond acceptors (Lipinski definition) is 2.